The first-order valence-corrected chi connectivity index (χ1v) is 13.1. The van der Waals surface area contributed by atoms with E-state index >= 15 is 0 Å². The highest BCUT2D eigenvalue weighted by Crippen LogP contribution is 2.48. The fraction of sp³-hybridized carbons (Fsp3) is 0.419. The normalized spacial score (nSPS) is 19.6. The summed E-state index contributed by atoms with van der Waals surface area (Å²) in [5.41, 5.74) is 4.13. The third kappa shape index (κ3) is 5.46. The van der Waals surface area contributed by atoms with Gasteiger partial charge in [0.25, 0.3) is 0 Å². The van der Waals surface area contributed by atoms with Crippen molar-refractivity contribution < 1.29 is 33.3 Å². The van der Waals surface area contributed by atoms with Gasteiger partial charge in [-0.05, 0) is 56.4 Å². The van der Waals surface area contributed by atoms with Crippen molar-refractivity contribution in [2.75, 3.05) is 28.4 Å². The van der Waals surface area contributed by atoms with Crippen LogP contribution < -0.4 is 24.3 Å². The minimum absolute atomic E-state index is 0.0345. The molecule has 3 atom stereocenters. The van der Waals surface area contributed by atoms with Crippen molar-refractivity contribution in [3.05, 3.63) is 70.1 Å². The maximum Gasteiger partial charge on any atom is 0.337 e. The quantitative estimate of drug-likeness (QED) is 0.426. The summed E-state index contributed by atoms with van der Waals surface area (Å²) in [6.45, 7) is 5.67. The van der Waals surface area contributed by atoms with Crippen molar-refractivity contribution in [1.29, 1.82) is 0 Å². The van der Waals surface area contributed by atoms with E-state index < -0.39 is 11.9 Å². The molecule has 0 saturated carbocycles. The van der Waals surface area contributed by atoms with Crippen LogP contribution in [0.5, 0.6) is 23.0 Å². The van der Waals surface area contributed by atoms with E-state index in [4.69, 9.17) is 23.7 Å². The number of esters is 1. The molecule has 39 heavy (non-hydrogen) atoms. The summed E-state index contributed by atoms with van der Waals surface area (Å²) in [6, 6.07) is 11.2. The largest absolute Gasteiger partial charge is 0.497 e. The highest BCUT2D eigenvalue weighted by atomic mass is 16.5. The summed E-state index contributed by atoms with van der Waals surface area (Å²) in [5.74, 6) is 1.21. The lowest BCUT2D eigenvalue weighted by Crippen LogP contribution is -2.36. The average molecular weight is 536 g/mol. The Morgan fingerprint density at radius 2 is 1.67 bits per heavy atom. The number of dihydropyridines is 1. The molecule has 2 aromatic carbocycles. The van der Waals surface area contributed by atoms with Gasteiger partial charge in [-0.2, -0.15) is 0 Å². The molecule has 1 heterocycles. The van der Waals surface area contributed by atoms with Crippen LogP contribution in [0.1, 0.15) is 63.0 Å². The van der Waals surface area contributed by atoms with E-state index in [1.165, 1.54) is 0 Å². The molecule has 8 nitrogen and oxygen atoms in total. The number of allylic oxidation sites excluding steroid dienone is 3. The van der Waals surface area contributed by atoms with E-state index in [0.29, 0.717) is 58.2 Å². The molecule has 1 aliphatic carbocycles. The lowest BCUT2D eigenvalue weighted by molar-refractivity contribution is -0.144. The van der Waals surface area contributed by atoms with Crippen LogP contribution in [0.2, 0.25) is 0 Å². The van der Waals surface area contributed by atoms with Crippen LogP contribution in [0, 0.1) is 0 Å². The Morgan fingerprint density at radius 1 is 0.949 bits per heavy atom. The Hall–Kier alpha value is -3.94. The number of hydrogen-bond donors (Lipinski definition) is 1. The first-order valence-electron chi connectivity index (χ1n) is 13.1. The number of methoxy groups -OCH3 is 4. The van der Waals surface area contributed by atoms with Crippen LogP contribution >= 0.6 is 0 Å². The average Bonchev–Trinajstić information content (AvgIpc) is 2.95. The molecular weight excluding hydrogens is 498 g/mol. The van der Waals surface area contributed by atoms with Gasteiger partial charge in [0.15, 0.2) is 17.3 Å². The molecule has 0 radical (unpaired) electrons. The first-order chi connectivity index (χ1) is 18.8. The summed E-state index contributed by atoms with van der Waals surface area (Å²) < 4.78 is 27.8. The molecule has 3 unspecified atom stereocenters. The lowest BCUT2D eigenvalue weighted by Gasteiger charge is -2.37. The monoisotopic (exact) mass is 535 g/mol. The van der Waals surface area contributed by atoms with E-state index in [9.17, 15) is 9.59 Å². The fourth-order valence-electron chi connectivity index (χ4n) is 5.35. The number of benzene rings is 2. The summed E-state index contributed by atoms with van der Waals surface area (Å²) in [5, 5.41) is 3.40. The highest BCUT2D eigenvalue weighted by Gasteiger charge is 2.42. The third-order valence-electron chi connectivity index (χ3n) is 7.56. The van der Waals surface area contributed by atoms with Crippen LogP contribution in [-0.4, -0.2) is 46.3 Å². The molecule has 0 saturated heterocycles. The van der Waals surface area contributed by atoms with Gasteiger partial charge in [-0.1, -0.05) is 19.1 Å². The number of nitrogens with one attached hydrogen (secondary N) is 1. The van der Waals surface area contributed by atoms with Crippen LogP contribution in [0.4, 0.5) is 0 Å². The van der Waals surface area contributed by atoms with Crippen molar-refractivity contribution in [1.82, 2.24) is 5.32 Å². The Balaban J connectivity index is 1.82. The molecule has 208 valence electrons. The van der Waals surface area contributed by atoms with Crippen LogP contribution in [-0.2, 0) is 14.3 Å². The molecule has 4 rings (SSSR count). The van der Waals surface area contributed by atoms with Crippen LogP contribution in [0.3, 0.4) is 0 Å². The Bertz CT molecular complexity index is 1330. The number of Topliss-reactive ketones (excluding diaryl/α,β-unsaturated/α-hetero) is 1. The molecule has 2 aliphatic rings. The van der Waals surface area contributed by atoms with Crippen molar-refractivity contribution in [3.8, 4) is 23.0 Å². The van der Waals surface area contributed by atoms with Gasteiger partial charge in [0.1, 0.15) is 11.5 Å². The van der Waals surface area contributed by atoms with E-state index in [-0.39, 0.29) is 24.2 Å². The third-order valence-corrected chi connectivity index (χ3v) is 7.56. The maximum absolute atomic E-state index is 14.0. The van der Waals surface area contributed by atoms with Gasteiger partial charge < -0.3 is 29.0 Å². The van der Waals surface area contributed by atoms with Gasteiger partial charge in [-0.25, -0.2) is 4.79 Å². The second-order valence-electron chi connectivity index (χ2n) is 9.86. The summed E-state index contributed by atoms with van der Waals surface area (Å²) in [4.78, 5) is 27.5. The van der Waals surface area contributed by atoms with Crippen LogP contribution in [0.25, 0.3) is 0 Å². The topological polar surface area (TPSA) is 92.3 Å². The van der Waals surface area contributed by atoms with Gasteiger partial charge in [-0.3, -0.25) is 4.79 Å². The van der Waals surface area contributed by atoms with E-state index in [0.717, 1.165) is 11.3 Å². The van der Waals surface area contributed by atoms with E-state index in [1.807, 2.05) is 51.1 Å². The maximum atomic E-state index is 14.0. The van der Waals surface area contributed by atoms with Crippen molar-refractivity contribution in [2.45, 2.75) is 58.0 Å². The molecular formula is C31H37NO7. The van der Waals surface area contributed by atoms with E-state index in [2.05, 4.69) is 5.32 Å². The molecule has 0 amide bonds. The number of carbonyl (C=O) groups excluding carboxylic acids is 2. The lowest BCUT2D eigenvalue weighted by atomic mass is 9.71. The SMILES string of the molecule is CCC(C)OC(=O)C1=C(C)NC2=C(C(=O)CC(c3ccc(OC)c(OC)c3)C2)C1c1ccc(OC)cc1OC. The van der Waals surface area contributed by atoms with Gasteiger partial charge >= 0.3 is 5.97 Å². The van der Waals surface area contributed by atoms with Crippen molar-refractivity contribution in [3.63, 3.8) is 0 Å². The van der Waals surface area contributed by atoms with Crippen LogP contribution in [0.15, 0.2) is 58.9 Å². The number of ketones is 1. The minimum Gasteiger partial charge on any atom is -0.497 e. The summed E-state index contributed by atoms with van der Waals surface area (Å²) in [6.07, 6.45) is 1.30. The second kappa shape index (κ2) is 11.8. The molecule has 1 aliphatic heterocycles. The fourth-order valence-corrected chi connectivity index (χ4v) is 5.35. The van der Waals surface area contributed by atoms with Gasteiger partial charge in [-0.15, -0.1) is 0 Å². The van der Waals surface area contributed by atoms with Crippen molar-refractivity contribution in [2.24, 2.45) is 0 Å². The zero-order chi connectivity index (χ0) is 28.3. The molecule has 1 N–H and O–H groups in total. The molecule has 0 spiro atoms. The molecule has 8 heteroatoms. The summed E-state index contributed by atoms with van der Waals surface area (Å²) in [7, 11) is 6.34. The zero-order valence-electron chi connectivity index (χ0n) is 23.7. The van der Waals surface area contributed by atoms with Gasteiger partial charge in [0, 0.05) is 35.0 Å². The van der Waals surface area contributed by atoms with Crippen molar-refractivity contribution >= 4 is 11.8 Å². The van der Waals surface area contributed by atoms with Gasteiger partial charge in [0.2, 0.25) is 0 Å². The number of carbonyl (C=O) groups is 2. The smallest absolute Gasteiger partial charge is 0.337 e. The molecule has 0 aromatic heterocycles. The Kier molecular flexibility index (Phi) is 8.53. The summed E-state index contributed by atoms with van der Waals surface area (Å²) >= 11 is 0. The second-order valence-corrected chi connectivity index (χ2v) is 9.86. The first kappa shape index (κ1) is 28.1. The number of ether oxygens (including phenoxy) is 5. The molecule has 2 aromatic rings. The highest BCUT2D eigenvalue weighted by molar-refractivity contribution is 6.04. The molecule has 0 bridgehead atoms. The zero-order valence-corrected chi connectivity index (χ0v) is 23.7. The molecule has 0 fully saturated rings. The predicted octanol–water partition coefficient (Wildman–Crippen LogP) is 5.42. The standard InChI is InChI=1S/C31H37NO7/c1-8-17(2)39-31(34)28-18(3)32-23-13-20(19-9-12-25(36-5)27(15-19)38-7)14-24(33)30(23)29(28)22-11-10-21(35-4)16-26(22)37-6/h9-12,15-17,20,29,32H,8,13-14H2,1-7H3. The van der Waals surface area contributed by atoms with Gasteiger partial charge in [0.05, 0.1) is 46.0 Å². The Labute approximate surface area is 229 Å². The minimum atomic E-state index is -0.641. The number of rotatable bonds is 9. The Morgan fingerprint density at radius 3 is 2.31 bits per heavy atom. The predicted molar refractivity (Wildman–Crippen MR) is 148 cm³/mol. The number of hydrogen-bond acceptors (Lipinski definition) is 8. The van der Waals surface area contributed by atoms with E-state index in [1.54, 1.807) is 34.5 Å².